The number of hydrogen-bond donors (Lipinski definition) is 0. The van der Waals surface area contributed by atoms with E-state index in [2.05, 4.69) is 33.0 Å². The molecule has 184 valence electrons. The first kappa shape index (κ1) is 23.4. The van der Waals surface area contributed by atoms with E-state index in [4.69, 9.17) is 14.5 Å². The van der Waals surface area contributed by atoms with Crippen molar-refractivity contribution in [2.45, 2.75) is 50.5 Å². The number of hydrogen-bond acceptors (Lipinski definition) is 6. The minimum atomic E-state index is 0.0609. The van der Waals surface area contributed by atoms with Crippen molar-refractivity contribution in [3.8, 4) is 11.5 Å². The Morgan fingerprint density at radius 3 is 2.63 bits per heavy atom. The average molecular weight is 475 g/mol. The third kappa shape index (κ3) is 4.64. The molecule has 1 aromatic heterocycles. The van der Waals surface area contributed by atoms with Crippen LogP contribution in [0.15, 0.2) is 48.8 Å². The number of methoxy groups -OCH3 is 2. The molecule has 2 aromatic carbocycles. The molecule has 2 saturated heterocycles. The van der Waals surface area contributed by atoms with Gasteiger partial charge in [-0.25, -0.2) is 9.97 Å². The van der Waals surface area contributed by atoms with Gasteiger partial charge in [-0.05, 0) is 62.3 Å². The molecule has 0 unspecified atom stereocenters. The Kier molecular flexibility index (Phi) is 6.75. The van der Waals surface area contributed by atoms with Gasteiger partial charge in [0.05, 0.1) is 19.7 Å². The van der Waals surface area contributed by atoms with Crippen molar-refractivity contribution in [3.63, 3.8) is 0 Å². The van der Waals surface area contributed by atoms with Crippen molar-refractivity contribution in [3.05, 3.63) is 54.4 Å². The van der Waals surface area contributed by atoms with E-state index < -0.39 is 0 Å². The van der Waals surface area contributed by atoms with E-state index in [1.165, 1.54) is 0 Å². The minimum Gasteiger partial charge on any atom is -0.497 e. The lowest BCUT2D eigenvalue weighted by Crippen LogP contribution is -2.45. The molecule has 7 nitrogen and oxygen atoms in total. The predicted octanol–water partition coefficient (Wildman–Crippen LogP) is 4.63. The van der Waals surface area contributed by atoms with Crippen LogP contribution in [0, 0.1) is 0 Å². The lowest BCUT2D eigenvalue weighted by atomic mass is 9.87. The van der Waals surface area contributed by atoms with Crippen LogP contribution in [0.1, 0.15) is 44.1 Å². The van der Waals surface area contributed by atoms with E-state index in [1.807, 2.05) is 24.3 Å². The maximum atomic E-state index is 13.2. The highest BCUT2D eigenvalue weighted by molar-refractivity contribution is 5.89. The van der Waals surface area contributed by atoms with Gasteiger partial charge in [-0.2, -0.15) is 0 Å². The van der Waals surface area contributed by atoms with Crippen LogP contribution >= 0.6 is 0 Å². The van der Waals surface area contributed by atoms with Crippen molar-refractivity contribution < 1.29 is 14.3 Å². The Hall–Kier alpha value is -3.35. The number of aryl methyl sites for hydroxylation is 1. The standard InChI is InChI=1S/C28H34N4O3/c1-34-22-11-9-21(25(19-22)35-2)10-12-26(33)31-16-5-13-28(15-18-31)14-6-17-32(28)27-23-7-3-4-8-24(23)29-20-30-27/h3-4,7-9,11,19-20H,5-6,10,12-18H2,1-2H3/t28-/m1/s1. The van der Waals surface area contributed by atoms with Crippen molar-refractivity contribution in [1.29, 1.82) is 0 Å². The van der Waals surface area contributed by atoms with E-state index in [1.54, 1.807) is 20.5 Å². The van der Waals surface area contributed by atoms with Crippen LogP contribution in [-0.2, 0) is 11.2 Å². The molecule has 7 heteroatoms. The molecule has 5 rings (SSSR count). The molecule has 3 heterocycles. The molecule has 2 fully saturated rings. The Bertz CT molecular complexity index is 1190. The Balaban J connectivity index is 1.27. The molecule has 0 aliphatic carbocycles. The van der Waals surface area contributed by atoms with Crippen molar-refractivity contribution in [2.75, 3.05) is 38.8 Å². The predicted molar refractivity (Wildman–Crippen MR) is 137 cm³/mol. The van der Waals surface area contributed by atoms with Gasteiger partial charge in [-0.1, -0.05) is 18.2 Å². The SMILES string of the molecule is COc1ccc(CCC(=O)N2CCC[C@@]3(CCCN3c3ncnc4ccccc34)CC2)c(OC)c1. The van der Waals surface area contributed by atoms with E-state index >= 15 is 0 Å². The zero-order valence-corrected chi connectivity index (χ0v) is 20.7. The van der Waals surface area contributed by atoms with Crippen LogP contribution in [0.5, 0.6) is 11.5 Å². The molecule has 3 aromatic rings. The quantitative estimate of drug-likeness (QED) is 0.519. The summed E-state index contributed by atoms with van der Waals surface area (Å²) in [7, 11) is 3.30. The van der Waals surface area contributed by atoms with E-state index in [0.717, 1.165) is 85.5 Å². The molecule has 1 spiro atoms. The zero-order valence-electron chi connectivity index (χ0n) is 20.7. The number of para-hydroxylation sites is 1. The number of benzene rings is 2. The Morgan fingerprint density at radius 2 is 1.80 bits per heavy atom. The maximum Gasteiger partial charge on any atom is 0.222 e. The number of rotatable bonds is 6. The molecule has 0 bridgehead atoms. The number of ether oxygens (including phenoxy) is 2. The molecule has 2 aliphatic rings. The Labute approximate surface area is 207 Å². The first-order chi connectivity index (χ1) is 17.1. The third-order valence-corrected chi connectivity index (χ3v) is 7.75. The summed E-state index contributed by atoms with van der Waals surface area (Å²) < 4.78 is 10.8. The summed E-state index contributed by atoms with van der Waals surface area (Å²) in [5, 5.41) is 1.11. The third-order valence-electron chi connectivity index (χ3n) is 7.75. The maximum absolute atomic E-state index is 13.2. The van der Waals surface area contributed by atoms with Gasteiger partial charge in [0, 0.05) is 43.0 Å². The molecule has 1 amide bonds. The monoisotopic (exact) mass is 474 g/mol. The fourth-order valence-electron chi connectivity index (χ4n) is 5.88. The fraction of sp³-hybridized carbons (Fsp3) is 0.464. The molecular weight excluding hydrogens is 440 g/mol. The summed E-state index contributed by atoms with van der Waals surface area (Å²) in [6.07, 6.45) is 8.20. The van der Waals surface area contributed by atoms with Gasteiger partial charge in [-0.3, -0.25) is 4.79 Å². The lowest BCUT2D eigenvalue weighted by Gasteiger charge is -2.39. The highest BCUT2D eigenvalue weighted by Gasteiger charge is 2.43. The minimum absolute atomic E-state index is 0.0609. The molecule has 35 heavy (non-hydrogen) atoms. The first-order valence-electron chi connectivity index (χ1n) is 12.6. The number of anilines is 1. The van der Waals surface area contributed by atoms with Gasteiger partial charge < -0.3 is 19.3 Å². The molecule has 0 saturated carbocycles. The number of fused-ring (bicyclic) bond motifs is 1. The smallest absolute Gasteiger partial charge is 0.222 e. The lowest BCUT2D eigenvalue weighted by molar-refractivity contribution is -0.131. The number of likely N-dealkylation sites (tertiary alicyclic amines) is 1. The van der Waals surface area contributed by atoms with Crippen molar-refractivity contribution in [2.24, 2.45) is 0 Å². The second kappa shape index (κ2) is 10.1. The number of carbonyl (C=O) groups is 1. The second-order valence-corrected chi connectivity index (χ2v) is 9.61. The molecular formula is C28H34N4O3. The number of nitrogens with zero attached hydrogens (tertiary/aromatic N) is 4. The van der Waals surface area contributed by atoms with Gasteiger partial charge in [0.2, 0.25) is 5.91 Å². The fourth-order valence-corrected chi connectivity index (χ4v) is 5.88. The number of carbonyl (C=O) groups excluding carboxylic acids is 1. The van der Waals surface area contributed by atoms with Crippen molar-refractivity contribution >= 4 is 22.6 Å². The normalized spacial score (nSPS) is 20.3. The van der Waals surface area contributed by atoms with Crippen LogP contribution in [0.3, 0.4) is 0 Å². The average Bonchev–Trinajstić information content (AvgIpc) is 3.19. The van der Waals surface area contributed by atoms with E-state index in [9.17, 15) is 4.79 Å². The van der Waals surface area contributed by atoms with Gasteiger partial charge in [0.25, 0.3) is 0 Å². The van der Waals surface area contributed by atoms with Gasteiger partial charge in [-0.15, -0.1) is 0 Å². The zero-order chi connectivity index (χ0) is 24.3. The summed E-state index contributed by atoms with van der Waals surface area (Å²) in [4.78, 5) is 27.0. The second-order valence-electron chi connectivity index (χ2n) is 9.61. The number of aromatic nitrogens is 2. The van der Waals surface area contributed by atoms with Gasteiger partial charge in [0.1, 0.15) is 23.6 Å². The molecule has 0 N–H and O–H groups in total. The Morgan fingerprint density at radius 1 is 0.971 bits per heavy atom. The summed E-state index contributed by atoms with van der Waals surface area (Å²) in [5.41, 5.74) is 2.08. The molecule has 1 atom stereocenters. The summed E-state index contributed by atoms with van der Waals surface area (Å²) in [6.45, 7) is 2.61. The van der Waals surface area contributed by atoms with E-state index in [0.29, 0.717) is 12.8 Å². The summed E-state index contributed by atoms with van der Waals surface area (Å²) in [5.74, 6) is 2.79. The van der Waals surface area contributed by atoms with Crippen LogP contribution in [-0.4, -0.2) is 60.2 Å². The molecule has 0 radical (unpaired) electrons. The topological polar surface area (TPSA) is 67.8 Å². The molecule has 2 aliphatic heterocycles. The summed E-state index contributed by atoms with van der Waals surface area (Å²) >= 11 is 0. The van der Waals surface area contributed by atoms with Crippen molar-refractivity contribution in [1.82, 2.24) is 14.9 Å². The van der Waals surface area contributed by atoms with Crippen LogP contribution in [0.25, 0.3) is 10.9 Å². The van der Waals surface area contributed by atoms with Gasteiger partial charge in [0.15, 0.2) is 0 Å². The first-order valence-corrected chi connectivity index (χ1v) is 12.6. The highest BCUT2D eigenvalue weighted by atomic mass is 16.5. The highest BCUT2D eigenvalue weighted by Crippen LogP contribution is 2.42. The van der Waals surface area contributed by atoms with Crippen LogP contribution in [0.4, 0.5) is 5.82 Å². The number of amides is 1. The van der Waals surface area contributed by atoms with Gasteiger partial charge >= 0.3 is 0 Å². The summed E-state index contributed by atoms with van der Waals surface area (Å²) in [6, 6.07) is 14.0. The van der Waals surface area contributed by atoms with Crippen LogP contribution < -0.4 is 14.4 Å². The van der Waals surface area contributed by atoms with E-state index in [-0.39, 0.29) is 11.4 Å². The largest absolute Gasteiger partial charge is 0.497 e. The van der Waals surface area contributed by atoms with Crippen LogP contribution in [0.2, 0.25) is 0 Å².